The minimum atomic E-state index is -1.00. The molecule has 1 aromatic rings. The van der Waals surface area contributed by atoms with Gasteiger partial charge in [0.15, 0.2) is 0 Å². The maximum Gasteiger partial charge on any atom is 0.514 e. The number of hydrogen-bond donors (Lipinski definition) is 1. The highest BCUT2D eigenvalue weighted by molar-refractivity contribution is 5.81. The van der Waals surface area contributed by atoms with Crippen LogP contribution in [0.3, 0.4) is 0 Å². The van der Waals surface area contributed by atoms with Crippen molar-refractivity contribution < 1.29 is 38.1 Å². The summed E-state index contributed by atoms with van der Waals surface area (Å²) in [5.74, 6) is -0.0764. The Bertz CT molecular complexity index is 761. The number of amides is 1. The zero-order valence-corrected chi connectivity index (χ0v) is 18.8. The Morgan fingerprint density at radius 2 is 1.57 bits per heavy atom. The largest absolute Gasteiger partial charge is 0.514 e. The Morgan fingerprint density at radius 1 is 0.967 bits per heavy atom. The van der Waals surface area contributed by atoms with Crippen LogP contribution in [0.1, 0.15) is 47.1 Å². The molecular formula is C21H31NO8. The predicted octanol–water partition coefficient (Wildman–Crippen LogP) is 3.62. The van der Waals surface area contributed by atoms with Gasteiger partial charge in [-0.05, 0) is 53.2 Å². The summed E-state index contributed by atoms with van der Waals surface area (Å²) >= 11 is 0. The number of esters is 1. The van der Waals surface area contributed by atoms with Crippen molar-refractivity contribution in [2.75, 3.05) is 14.2 Å². The fourth-order valence-electron chi connectivity index (χ4n) is 2.33. The summed E-state index contributed by atoms with van der Waals surface area (Å²) in [5.41, 5.74) is -0.828. The van der Waals surface area contributed by atoms with Gasteiger partial charge >= 0.3 is 18.2 Å². The van der Waals surface area contributed by atoms with Crippen molar-refractivity contribution in [1.82, 2.24) is 5.32 Å². The molecule has 9 heteroatoms. The SMILES string of the molecule is COC(=O)C(Cc1ccc(OC(=O)OC(C)(C)C)cc1OC)NC(=O)OC(C)(C)C. The quantitative estimate of drug-likeness (QED) is 0.418. The van der Waals surface area contributed by atoms with Crippen molar-refractivity contribution >= 4 is 18.2 Å². The number of carbonyl (C=O) groups is 3. The number of benzene rings is 1. The van der Waals surface area contributed by atoms with Crippen LogP contribution in [0.15, 0.2) is 18.2 Å². The number of alkyl carbamates (subject to hydrolysis) is 1. The van der Waals surface area contributed by atoms with Gasteiger partial charge < -0.3 is 29.0 Å². The molecule has 0 saturated carbocycles. The van der Waals surface area contributed by atoms with Crippen molar-refractivity contribution in [3.05, 3.63) is 23.8 Å². The van der Waals surface area contributed by atoms with Crippen LogP contribution < -0.4 is 14.8 Å². The van der Waals surface area contributed by atoms with Gasteiger partial charge in [-0.15, -0.1) is 0 Å². The topological polar surface area (TPSA) is 109 Å². The Labute approximate surface area is 177 Å². The van der Waals surface area contributed by atoms with E-state index in [-0.39, 0.29) is 12.2 Å². The standard InChI is InChI=1S/C21H31NO8/c1-20(2,3)29-18(24)22-15(17(23)27-8)11-13-9-10-14(12-16(13)26-7)28-19(25)30-21(4,5)6/h9-10,12,15H,11H2,1-8H3,(H,22,24). The van der Waals surface area contributed by atoms with Crippen molar-refractivity contribution in [3.8, 4) is 11.5 Å². The van der Waals surface area contributed by atoms with E-state index in [2.05, 4.69) is 5.32 Å². The maximum absolute atomic E-state index is 12.1. The lowest BCUT2D eigenvalue weighted by atomic mass is 10.0. The summed E-state index contributed by atoms with van der Waals surface area (Å²) in [6.45, 7) is 10.3. The number of ether oxygens (including phenoxy) is 5. The first-order valence-electron chi connectivity index (χ1n) is 9.39. The second-order valence-corrected chi connectivity index (χ2v) is 8.47. The monoisotopic (exact) mass is 425 g/mol. The molecule has 0 heterocycles. The first-order chi connectivity index (χ1) is 13.7. The molecule has 1 rings (SSSR count). The maximum atomic E-state index is 12.1. The lowest BCUT2D eigenvalue weighted by Gasteiger charge is -2.23. The molecule has 0 spiro atoms. The first-order valence-corrected chi connectivity index (χ1v) is 9.39. The average molecular weight is 425 g/mol. The van der Waals surface area contributed by atoms with Crippen molar-refractivity contribution in [2.24, 2.45) is 0 Å². The fraction of sp³-hybridized carbons (Fsp3) is 0.571. The van der Waals surface area contributed by atoms with Crippen LogP contribution in [0.2, 0.25) is 0 Å². The number of nitrogens with one attached hydrogen (secondary N) is 1. The van der Waals surface area contributed by atoms with Crippen LogP contribution in [0.5, 0.6) is 11.5 Å². The van der Waals surface area contributed by atoms with Gasteiger partial charge in [0.25, 0.3) is 0 Å². The average Bonchev–Trinajstić information content (AvgIpc) is 2.58. The van der Waals surface area contributed by atoms with Gasteiger partial charge in [-0.2, -0.15) is 0 Å². The van der Waals surface area contributed by atoms with Gasteiger partial charge in [-0.1, -0.05) is 6.07 Å². The Kier molecular flexibility index (Phi) is 8.50. The van der Waals surface area contributed by atoms with Crippen LogP contribution >= 0.6 is 0 Å². The van der Waals surface area contributed by atoms with Crippen LogP contribution in [-0.2, 0) is 25.4 Å². The molecule has 9 nitrogen and oxygen atoms in total. The highest BCUT2D eigenvalue weighted by Crippen LogP contribution is 2.27. The zero-order valence-electron chi connectivity index (χ0n) is 18.8. The van der Waals surface area contributed by atoms with E-state index < -0.39 is 35.5 Å². The number of methoxy groups -OCH3 is 2. The normalized spacial score (nSPS) is 12.4. The summed E-state index contributed by atoms with van der Waals surface area (Å²) in [6.07, 6.45) is -1.53. The van der Waals surface area contributed by atoms with Gasteiger partial charge in [0.2, 0.25) is 0 Å². The van der Waals surface area contributed by atoms with Crippen LogP contribution in [0.4, 0.5) is 9.59 Å². The van der Waals surface area contributed by atoms with Crippen molar-refractivity contribution in [3.63, 3.8) is 0 Å². The second-order valence-electron chi connectivity index (χ2n) is 8.47. The molecule has 0 aromatic heterocycles. The van der Waals surface area contributed by atoms with Gasteiger partial charge in [0.1, 0.15) is 28.7 Å². The van der Waals surface area contributed by atoms with E-state index in [1.807, 2.05) is 0 Å². The lowest BCUT2D eigenvalue weighted by Crippen LogP contribution is -2.45. The molecule has 168 valence electrons. The van der Waals surface area contributed by atoms with Crippen LogP contribution in [-0.4, -0.2) is 49.7 Å². The van der Waals surface area contributed by atoms with E-state index in [1.54, 1.807) is 47.6 Å². The van der Waals surface area contributed by atoms with E-state index in [9.17, 15) is 14.4 Å². The minimum absolute atomic E-state index is 0.0712. The van der Waals surface area contributed by atoms with Crippen LogP contribution in [0.25, 0.3) is 0 Å². The fourth-order valence-corrected chi connectivity index (χ4v) is 2.33. The second kappa shape index (κ2) is 10.2. The summed E-state index contributed by atoms with van der Waals surface area (Å²) < 4.78 is 25.6. The molecule has 0 bridgehead atoms. The third-order valence-electron chi connectivity index (χ3n) is 3.45. The summed E-state index contributed by atoms with van der Waals surface area (Å²) in [5, 5.41) is 2.50. The van der Waals surface area contributed by atoms with Gasteiger partial charge in [0, 0.05) is 12.5 Å². The third kappa shape index (κ3) is 9.02. The Balaban J connectivity index is 2.97. The van der Waals surface area contributed by atoms with E-state index in [0.29, 0.717) is 11.3 Å². The zero-order chi connectivity index (χ0) is 23.1. The molecule has 1 unspecified atom stereocenters. The predicted molar refractivity (Wildman–Crippen MR) is 109 cm³/mol. The smallest absolute Gasteiger partial charge is 0.496 e. The molecule has 0 saturated heterocycles. The van der Waals surface area contributed by atoms with E-state index in [0.717, 1.165) is 0 Å². The van der Waals surface area contributed by atoms with E-state index in [1.165, 1.54) is 26.4 Å². The third-order valence-corrected chi connectivity index (χ3v) is 3.45. The minimum Gasteiger partial charge on any atom is -0.496 e. The number of carbonyl (C=O) groups excluding carboxylic acids is 3. The molecule has 30 heavy (non-hydrogen) atoms. The van der Waals surface area contributed by atoms with E-state index >= 15 is 0 Å². The summed E-state index contributed by atoms with van der Waals surface area (Å²) in [6, 6.07) is 3.63. The van der Waals surface area contributed by atoms with Crippen molar-refractivity contribution in [2.45, 2.75) is 65.2 Å². The Hall–Kier alpha value is -2.97. The number of rotatable bonds is 6. The molecule has 1 N–H and O–H groups in total. The highest BCUT2D eigenvalue weighted by Gasteiger charge is 2.27. The van der Waals surface area contributed by atoms with Gasteiger partial charge in [0.05, 0.1) is 14.2 Å². The lowest BCUT2D eigenvalue weighted by molar-refractivity contribution is -0.143. The van der Waals surface area contributed by atoms with E-state index in [4.69, 9.17) is 23.7 Å². The molecular weight excluding hydrogens is 394 g/mol. The molecule has 0 radical (unpaired) electrons. The molecule has 1 atom stereocenters. The number of hydrogen-bond acceptors (Lipinski definition) is 8. The molecule has 0 aliphatic carbocycles. The first kappa shape index (κ1) is 25.1. The molecule has 1 aromatic carbocycles. The van der Waals surface area contributed by atoms with Crippen LogP contribution in [0, 0.1) is 0 Å². The molecule has 0 aliphatic heterocycles. The Morgan fingerprint density at radius 3 is 2.07 bits per heavy atom. The highest BCUT2D eigenvalue weighted by atomic mass is 16.7. The molecule has 1 amide bonds. The molecule has 0 aliphatic rings. The summed E-state index contributed by atoms with van der Waals surface area (Å²) in [4.78, 5) is 36.1. The molecule has 0 fully saturated rings. The van der Waals surface area contributed by atoms with Gasteiger partial charge in [-0.25, -0.2) is 14.4 Å². The van der Waals surface area contributed by atoms with Crippen molar-refractivity contribution in [1.29, 1.82) is 0 Å². The van der Waals surface area contributed by atoms with Gasteiger partial charge in [-0.3, -0.25) is 0 Å². The summed E-state index contributed by atoms with van der Waals surface area (Å²) in [7, 11) is 2.66.